The number of carbonyl (C=O) groups is 1. The van der Waals surface area contributed by atoms with E-state index < -0.39 is 5.56 Å². The second-order valence-corrected chi connectivity index (χ2v) is 8.75. The first-order valence-corrected chi connectivity index (χ1v) is 9.37. The number of nitrogens with zero attached hydrogens (tertiary/aromatic N) is 2. The number of amides is 1. The van der Waals surface area contributed by atoms with Crippen molar-refractivity contribution in [1.82, 2.24) is 15.1 Å². The van der Waals surface area contributed by atoms with Crippen LogP contribution in [0.5, 0.6) is 0 Å². The van der Waals surface area contributed by atoms with Gasteiger partial charge in [0.15, 0.2) is 0 Å². The van der Waals surface area contributed by atoms with Crippen LogP contribution in [0, 0.1) is 23.2 Å². The van der Waals surface area contributed by atoms with Crippen LogP contribution < -0.4 is 10.9 Å². The van der Waals surface area contributed by atoms with E-state index in [9.17, 15) is 9.59 Å². The van der Waals surface area contributed by atoms with Crippen LogP contribution in [-0.2, 0) is 11.3 Å². The van der Waals surface area contributed by atoms with Crippen LogP contribution in [0.3, 0.4) is 0 Å². The lowest BCUT2D eigenvalue weighted by molar-refractivity contribution is -0.124. The summed E-state index contributed by atoms with van der Waals surface area (Å²) in [5.41, 5.74) is -0.255. The molecule has 0 radical (unpaired) electrons. The van der Waals surface area contributed by atoms with Crippen molar-refractivity contribution in [2.75, 3.05) is 6.54 Å². The predicted octanol–water partition coefficient (Wildman–Crippen LogP) is 2.88. The molecule has 0 aliphatic heterocycles. The summed E-state index contributed by atoms with van der Waals surface area (Å²) in [6, 6.07) is 0. The molecule has 1 heterocycles. The maximum atomic E-state index is 12.3. The zero-order valence-electron chi connectivity index (χ0n) is 13.4. The van der Waals surface area contributed by atoms with Gasteiger partial charge in [0.25, 0.3) is 5.56 Å². The molecule has 4 bridgehead atoms. The maximum absolute atomic E-state index is 12.3. The summed E-state index contributed by atoms with van der Waals surface area (Å²) in [5, 5.41) is 6.92. The summed E-state index contributed by atoms with van der Waals surface area (Å²) in [4.78, 5) is 24.2. The average Bonchev–Trinajstić information content (AvgIpc) is 2.52. The van der Waals surface area contributed by atoms with Crippen molar-refractivity contribution in [2.45, 2.75) is 45.1 Å². The largest absolute Gasteiger partial charge is 0.354 e. The molecule has 0 spiro atoms. The summed E-state index contributed by atoms with van der Waals surface area (Å²) in [5.74, 6) is 2.37. The molecule has 4 aliphatic carbocycles. The Hall–Kier alpha value is -1.07. The Labute approximate surface area is 150 Å². The minimum atomic E-state index is -0.533. The summed E-state index contributed by atoms with van der Waals surface area (Å²) in [7, 11) is 0. The lowest BCUT2D eigenvalue weighted by atomic mass is 9.49. The lowest BCUT2D eigenvalue weighted by Crippen LogP contribution is -2.51. The molecule has 0 atom stereocenters. The highest BCUT2D eigenvalue weighted by atomic mass is 35.5. The van der Waals surface area contributed by atoms with Crippen molar-refractivity contribution < 1.29 is 4.79 Å². The Morgan fingerprint density at radius 2 is 1.79 bits per heavy atom. The van der Waals surface area contributed by atoms with E-state index in [0.29, 0.717) is 6.54 Å². The zero-order valence-corrected chi connectivity index (χ0v) is 14.9. The highest BCUT2D eigenvalue weighted by Gasteiger charge is 2.50. The first-order chi connectivity index (χ1) is 11.4. The molecule has 1 aromatic heterocycles. The van der Waals surface area contributed by atoms with E-state index in [1.54, 1.807) is 0 Å². The molecule has 5 rings (SSSR count). The molecule has 4 fully saturated rings. The van der Waals surface area contributed by atoms with E-state index in [-0.39, 0.29) is 27.9 Å². The van der Waals surface area contributed by atoms with Gasteiger partial charge in [0, 0.05) is 6.54 Å². The minimum absolute atomic E-state index is 0.0967. The van der Waals surface area contributed by atoms with Gasteiger partial charge >= 0.3 is 0 Å². The molecule has 7 heteroatoms. The number of hydrogen-bond acceptors (Lipinski definition) is 3. The molecule has 24 heavy (non-hydrogen) atoms. The number of aromatic nitrogens is 2. The summed E-state index contributed by atoms with van der Waals surface area (Å²) in [6.07, 6.45) is 9.16. The molecule has 1 amide bonds. The van der Waals surface area contributed by atoms with E-state index in [2.05, 4.69) is 10.4 Å². The van der Waals surface area contributed by atoms with Crippen molar-refractivity contribution in [1.29, 1.82) is 0 Å². The number of hydrogen-bond donors (Lipinski definition) is 1. The third-order valence-corrected chi connectivity index (χ3v) is 6.81. The Morgan fingerprint density at radius 3 is 2.38 bits per heavy atom. The first kappa shape index (κ1) is 16.4. The Balaban J connectivity index is 1.39. The third kappa shape index (κ3) is 2.97. The van der Waals surface area contributed by atoms with Crippen LogP contribution in [0.1, 0.15) is 38.5 Å². The fourth-order valence-electron chi connectivity index (χ4n) is 5.54. The van der Waals surface area contributed by atoms with E-state index in [1.165, 1.54) is 44.7 Å². The van der Waals surface area contributed by atoms with Gasteiger partial charge in [0.1, 0.15) is 11.6 Å². The Morgan fingerprint density at radius 1 is 1.21 bits per heavy atom. The van der Waals surface area contributed by atoms with Gasteiger partial charge < -0.3 is 5.32 Å². The normalized spacial score (nSPS) is 33.7. The van der Waals surface area contributed by atoms with Crippen molar-refractivity contribution in [3.63, 3.8) is 0 Å². The van der Waals surface area contributed by atoms with E-state index in [1.807, 2.05) is 0 Å². The number of carbonyl (C=O) groups excluding carboxylic acids is 1. The topological polar surface area (TPSA) is 64.0 Å². The van der Waals surface area contributed by atoms with Gasteiger partial charge in [0.05, 0.1) is 11.2 Å². The minimum Gasteiger partial charge on any atom is -0.354 e. The number of nitrogens with one attached hydrogen (secondary N) is 1. The van der Waals surface area contributed by atoms with Crippen LogP contribution in [0.2, 0.25) is 10.0 Å². The number of halogens is 2. The lowest BCUT2D eigenvalue weighted by Gasteiger charge is -2.56. The van der Waals surface area contributed by atoms with Gasteiger partial charge in [-0.25, -0.2) is 4.68 Å². The van der Waals surface area contributed by atoms with Crippen molar-refractivity contribution in [3.05, 3.63) is 26.6 Å². The summed E-state index contributed by atoms with van der Waals surface area (Å²) >= 11 is 11.6. The third-order valence-electron chi connectivity index (χ3n) is 6.06. The quantitative estimate of drug-likeness (QED) is 0.887. The van der Waals surface area contributed by atoms with E-state index in [0.717, 1.165) is 22.4 Å². The van der Waals surface area contributed by atoms with Gasteiger partial charge in [-0.15, -0.1) is 0 Å². The molecular formula is C17H21Cl2N3O2. The smallest absolute Gasteiger partial charge is 0.287 e. The molecule has 0 saturated heterocycles. The van der Waals surface area contributed by atoms with E-state index >= 15 is 0 Å². The molecule has 130 valence electrons. The molecule has 4 aliphatic rings. The van der Waals surface area contributed by atoms with Crippen LogP contribution in [0.25, 0.3) is 0 Å². The van der Waals surface area contributed by atoms with Crippen LogP contribution in [0.15, 0.2) is 11.0 Å². The van der Waals surface area contributed by atoms with Crippen molar-refractivity contribution >= 4 is 29.1 Å². The van der Waals surface area contributed by atoms with Crippen LogP contribution in [-0.4, -0.2) is 22.2 Å². The molecule has 1 aromatic rings. The molecule has 0 aromatic carbocycles. The predicted molar refractivity (Wildman–Crippen MR) is 92.1 cm³/mol. The van der Waals surface area contributed by atoms with Gasteiger partial charge in [-0.2, -0.15) is 5.10 Å². The standard InChI is InChI=1S/C17H21Cl2N3O2/c18-13-7-21-22(16(24)15(13)19)8-14(23)20-9-17-4-10-1-11(5-17)3-12(2-10)6-17/h7,10-12H,1-6,8-9H2,(H,20,23). The van der Waals surface area contributed by atoms with E-state index in [4.69, 9.17) is 23.2 Å². The second kappa shape index (κ2) is 6.03. The number of rotatable bonds is 4. The summed E-state index contributed by atoms with van der Waals surface area (Å²) < 4.78 is 1.06. The fraction of sp³-hybridized carbons (Fsp3) is 0.706. The fourth-order valence-corrected chi connectivity index (χ4v) is 5.81. The monoisotopic (exact) mass is 369 g/mol. The van der Waals surface area contributed by atoms with Crippen molar-refractivity contribution in [3.8, 4) is 0 Å². The van der Waals surface area contributed by atoms with Crippen LogP contribution >= 0.6 is 23.2 Å². The van der Waals surface area contributed by atoms with Gasteiger partial charge in [0.2, 0.25) is 5.91 Å². The van der Waals surface area contributed by atoms with Gasteiger partial charge in [-0.1, -0.05) is 23.2 Å². The molecule has 4 saturated carbocycles. The maximum Gasteiger partial charge on any atom is 0.287 e. The van der Waals surface area contributed by atoms with Gasteiger partial charge in [-0.3, -0.25) is 9.59 Å². The van der Waals surface area contributed by atoms with Crippen LogP contribution in [0.4, 0.5) is 0 Å². The molecule has 5 nitrogen and oxygen atoms in total. The van der Waals surface area contributed by atoms with Gasteiger partial charge in [-0.05, 0) is 61.7 Å². The molecular weight excluding hydrogens is 349 g/mol. The first-order valence-electron chi connectivity index (χ1n) is 8.62. The molecule has 1 N–H and O–H groups in total. The second-order valence-electron chi connectivity index (χ2n) is 7.96. The highest BCUT2D eigenvalue weighted by Crippen LogP contribution is 2.59. The Kier molecular flexibility index (Phi) is 4.12. The average molecular weight is 370 g/mol. The summed E-state index contributed by atoms with van der Waals surface area (Å²) in [6.45, 7) is 0.591. The SMILES string of the molecule is O=C(Cn1ncc(Cl)c(Cl)c1=O)NCC12CC3CC(CC(C3)C1)C2. The highest BCUT2D eigenvalue weighted by molar-refractivity contribution is 6.41. The Bertz CT molecular complexity index is 696. The van der Waals surface area contributed by atoms with Crippen molar-refractivity contribution in [2.24, 2.45) is 23.2 Å². The molecule has 0 unspecified atom stereocenters. The zero-order chi connectivity index (χ0) is 16.9.